The molecule has 4 nitrogen and oxygen atoms in total. The maximum absolute atomic E-state index is 12.5. The van der Waals surface area contributed by atoms with Gasteiger partial charge in [-0.2, -0.15) is 0 Å². The Balaban J connectivity index is 2.41. The van der Waals surface area contributed by atoms with E-state index in [2.05, 4.69) is 4.74 Å². The number of carbonyl (C=O) groups is 1. The van der Waals surface area contributed by atoms with Crippen LogP contribution in [-0.4, -0.2) is 26.4 Å². The number of halogens is 3. The molecule has 0 aromatic heterocycles. The molecule has 2 aromatic rings. The third kappa shape index (κ3) is 3.94. The summed E-state index contributed by atoms with van der Waals surface area (Å²) in [6.07, 6.45) is -4.88. The predicted octanol–water partition coefficient (Wildman–Crippen LogP) is 3.83. The summed E-state index contributed by atoms with van der Waals surface area (Å²) in [7, 11) is 2.83. The summed E-state index contributed by atoms with van der Waals surface area (Å²) in [5.41, 5.74) is -0.0436. The number of methoxy groups -OCH3 is 2. The van der Waals surface area contributed by atoms with Gasteiger partial charge in [-0.05, 0) is 30.3 Å². The van der Waals surface area contributed by atoms with Crippen LogP contribution >= 0.6 is 0 Å². The van der Waals surface area contributed by atoms with Crippen molar-refractivity contribution in [3.8, 4) is 17.2 Å². The first-order chi connectivity index (χ1) is 10.9. The molecule has 0 unspecified atom stereocenters. The van der Waals surface area contributed by atoms with E-state index in [4.69, 9.17) is 9.47 Å². The molecule has 0 heterocycles. The van der Waals surface area contributed by atoms with E-state index in [9.17, 15) is 18.0 Å². The van der Waals surface area contributed by atoms with Gasteiger partial charge in [0.1, 0.15) is 5.75 Å². The Labute approximate surface area is 130 Å². The average Bonchev–Trinajstić information content (AvgIpc) is 2.52. The summed E-state index contributed by atoms with van der Waals surface area (Å²) < 4.78 is 51.3. The van der Waals surface area contributed by atoms with Crippen molar-refractivity contribution in [3.63, 3.8) is 0 Å². The molecule has 0 aliphatic carbocycles. The molecule has 0 saturated carbocycles. The number of ketones is 1. The topological polar surface area (TPSA) is 44.8 Å². The van der Waals surface area contributed by atoms with Crippen LogP contribution in [0.1, 0.15) is 15.9 Å². The van der Waals surface area contributed by atoms with Crippen LogP contribution in [0.4, 0.5) is 13.2 Å². The lowest BCUT2D eigenvalue weighted by molar-refractivity contribution is -0.274. The van der Waals surface area contributed by atoms with Crippen LogP contribution in [0.15, 0.2) is 42.5 Å². The minimum atomic E-state index is -4.88. The van der Waals surface area contributed by atoms with Crippen molar-refractivity contribution in [1.82, 2.24) is 0 Å². The summed E-state index contributed by atoms with van der Waals surface area (Å²) >= 11 is 0. The molecule has 2 rings (SSSR count). The number of carbonyl (C=O) groups excluding carboxylic acids is 1. The van der Waals surface area contributed by atoms with Crippen molar-refractivity contribution in [2.24, 2.45) is 0 Å². The number of rotatable bonds is 5. The molecule has 0 N–H and O–H groups in total. The van der Waals surface area contributed by atoms with Gasteiger partial charge in [0, 0.05) is 5.56 Å². The molecule has 0 aliphatic heterocycles. The molecule has 0 amide bonds. The van der Waals surface area contributed by atoms with Crippen molar-refractivity contribution in [1.29, 1.82) is 0 Å². The highest BCUT2D eigenvalue weighted by Gasteiger charge is 2.33. The van der Waals surface area contributed by atoms with Crippen molar-refractivity contribution < 1.29 is 32.2 Å². The van der Waals surface area contributed by atoms with Crippen LogP contribution in [0.3, 0.4) is 0 Å². The second kappa shape index (κ2) is 6.60. The third-order valence-corrected chi connectivity index (χ3v) is 3.00. The van der Waals surface area contributed by atoms with Crippen LogP contribution in [0.5, 0.6) is 17.2 Å². The largest absolute Gasteiger partial charge is 0.573 e. The first kappa shape index (κ1) is 16.7. The standard InChI is InChI=1S/C16H13F3O4/c1-21-13-8-7-10(9-14(13)22-2)15(20)11-5-3-4-6-12(11)23-16(17,18)19/h3-9H,1-2H3. The molecular formula is C16H13F3O4. The summed E-state index contributed by atoms with van der Waals surface area (Å²) in [5, 5.41) is 0. The van der Waals surface area contributed by atoms with Gasteiger partial charge in [-0.1, -0.05) is 12.1 Å². The van der Waals surface area contributed by atoms with Gasteiger partial charge in [0.15, 0.2) is 17.3 Å². The molecule has 7 heteroatoms. The van der Waals surface area contributed by atoms with Gasteiger partial charge in [0.2, 0.25) is 0 Å². The molecule has 0 spiro atoms. The predicted molar refractivity (Wildman–Crippen MR) is 76.1 cm³/mol. The number of hydrogen-bond donors (Lipinski definition) is 0. The van der Waals surface area contributed by atoms with E-state index in [1.165, 1.54) is 50.6 Å². The van der Waals surface area contributed by atoms with Crippen molar-refractivity contribution in [2.75, 3.05) is 14.2 Å². The van der Waals surface area contributed by atoms with E-state index in [0.717, 1.165) is 6.07 Å². The van der Waals surface area contributed by atoms with Gasteiger partial charge < -0.3 is 14.2 Å². The fraction of sp³-hybridized carbons (Fsp3) is 0.188. The van der Waals surface area contributed by atoms with Crippen molar-refractivity contribution in [2.45, 2.75) is 6.36 Å². The second-order valence-electron chi connectivity index (χ2n) is 4.44. The second-order valence-corrected chi connectivity index (χ2v) is 4.44. The SMILES string of the molecule is COc1ccc(C(=O)c2ccccc2OC(F)(F)F)cc1OC. The number of alkyl halides is 3. The average molecular weight is 326 g/mol. The monoisotopic (exact) mass is 326 g/mol. The molecule has 2 aromatic carbocycles. The summed E-state index contributed by atoms with van der Waals surface area (Å²) in [6, 6.07) is 9.49. The lowest BCUT2D eigenvalue weighted by Crippen LogP contribution is -2.19. The number of hydrogen-bond acceptors (Lipinski definition) is 4. The maximum Gasteiger partial charge on any atom is 0.573 e. The lowest BCUT2D eigenvalue weighted by atomic mass is 10.0. The maximum atomic E-state index is 12.5. The van der Waals surface area contributed by atoms with Gasteiger partial charge >= 0.3 is 6.36 Å². The molecule has 23 heavy (non-hydrogen) atoms. The molecule has 0 aliphatic rings. The van der Waals surface area contributed by atoms with Crippen molar-refractivity contribution >= 4 is 5.78 Å². The van der Waals surface area contributed by atoms with E-state index in [-0.39, 0.29) is 11.1 Å². The van der Waals surface area contributed by atoms with Crippen LogP contribution in [0, 0.1) is 0 Å². The van der Waals surface area contributed by atoms with Gasteiger partial charge in [0.05, 0.1) is 19.8 Å². The molecule has 0 saturated heterocycles. The van der Waals surface area contributed by atoms with Gasteiger partial charge in [-0.25, -0.2) is 0 Å². The van der Waals surface area contributed by atoms with E-state index in [0.29, 0.717) is 11.5 Å². The van der Waals surface area contributed by atoms with E-state index in [1.807, 2.05) is 0 Å². The Bertz CT molecular complexity index is 711. The molecule has 0 bridgehead atoms. The molecule has 0 fully saturated rings. The Hall–Kier alpha value is -2.70. The minimum absolute atomic E-state index is 0.154. The number of benzene rings is 2. The Kier molecular flexibility index (Phi) is 4.78. The first-order valence-corrected chi connectivity index (χ1v) is 6.47. The van der Waals surface area contributed by atoms with E-state index >= 15 is 0 Å². The summed E-state index contributed by atoms with van der Waals surface area (Å²) in [4.78, 5) is 12.5. The zero-order valence-electron chi connectivity index (χ0n) is 12.3. The van der Waals surface area contributed by atoms with Gasteiger partial charge in [-0.3, -0.25) is 4.79 Å². The first-order valence-electron chi connectivity index (χ1n) is 6.47. The zero-order chi connectivity index (χ0) is 17.0. The summed E-state index contributed by atoms with van der Waals surface area (Å²) in [6.45, 7) is 0. The van der Waals surface area contributed by atoms with E-state index < -0.39 is 17.9 Å². The molecular weight excluding hydrogens is 313 g/mol. The normalized spacial score (nSPS) is 11.0. The van der Waals surface area contributed by atoms with Crippen LogP contribution < -0.4 is 14.2 Å². The Morgan fingerprint density at radius 2 is 1.57 bits per heavy atom. The highest BCUT2D eigenvalue weighted by molar-refractivity contribution is 6.11. The van der Waals surface area contributed by atoms with Crippen LogP contribution in [0.2, 0.25) is 0 Å². The fourth-order valence-electron chi connectivity index (χ4n) is 2.00. The number of ether oxygens (including phenoxy) is 3. The van der Waals surface area contributed by atoms with Crippen LogP contribution in [-0.2, 0) is 0 Å². The van der Waals surface area contributed by atoms with Crippen LogP contribution in [0.25, 0.3) is 0 Å². The number of para-hydroxylation sites is 1. The Morgan fingerprint density at radius 3 is 2.17 bits per heavy atom. The smallest absolute Gasteiger partial charge is 0.493 e. The third-order valence-electron chi connectivity index (χ3n) is 3.00. The molecule has 0 radical (unpaired) electrons. The van der Waals surface area contributed by atoms with E-state index in [1.54, 1.807) is 0 Å². The fourth-order valence-corrected chi connectivity index (χ4v) is 2.00. The minimum Gasteiger partial charge on any atom is -0.493 e. The molecule has 0 atom stereocenters. The Morgan fingerprint density at radius 1 is 0.913 bits per heavy atom. The van der Waals surface area contributed by atoms with Gasteiger partial charge in [-0.15, -0.1) is 13.2 Å². The zero-order valence-corrected chi connectivity index (χ0v) is 12.3. The highest BCUT2D eigenvalue weighted by Crippen LogP contribution is 2.31. The van der Waals surface area contributed by atoms with Gasteiger partial charge in [0.25, 0.3) is 0 Å². The quantitative estimate of drug-likeness (QED) is 0.783. The summed E-state index contributed by atoms with van der Waals surface area (Å²) in [5.74, 6) is -0.470. The van der Waals surface area contributed by atoms with Crippen molar-refractivity contribution in [3.05, 3.63) is 53.6 Å². The lowest BCUT2D eigenvalue weighted by Gasteiger charge is -2.13. The highest BCUT2D eigenvalue weighted by atomic mass is 19.4. The molecule has 122 valence electrons.